The second kappa shape index (κ2) is 6.63. The van der Waals surface area contributed by atoms with Crippen LogP contribution in [0.3, 0.4) is 0 Å². The lowest BCUT2D eigenvalue weighted by Crippen LogP contribution is -2.25. The van der Waals surface area contributed by atoms with Crippen molar-refractivity contribution in [3.63, 3.8) is 0 Å². The third-order valence-corrected chi connectivity index (χ3v) is 4.32. The van der Waals surface area contributed by atoms with Crippen LogP contribution in [-0.2, 0) is 14.4 Å². The van der Waals surface area contributed by atoms with Crippen LogP contribution in [0.4, 0.5) is 11.4 Å². The zero-order valence-electron chi connectivity index (χ0n) is 15.2. The molecule has 1 aliphatic heterocycles. The van der Waals surface area contributed by atoms with Gasteiger partial charge in [0.1, 0.15) is 5.75 Å². The van der Waals surface area contributed by atoms with Gasteiger partial charge in [-0.1, -0.05) is 6.08 Å². The van der Waals surface area contributed by atoms with E-state index in [1.807, 2.05) is 25.1 Å². The number of rotatable bonds is 2. The first kappa shape index (κ1) is 17.7. The number of carbonyl (C=O) groups is 3. The van der Waals surface area contributed by atoms with Crippen LogP contribution < -0.4 is 15.0 Å². The first-order valence-corrected chi connectivity index (χ1v) is 8.32. The fraction of sp³-hybridized carbons (Fsp3) is 0.250. The van der Waals surface area contributed by atoms with E-state index in [4.69, 9.17) is 4.74 Å². The lowest BCUT2D eigenvalue weighted by molar-refractivity contribution is -0.131. The Morgan fingerprint density at radius 2 is 1.85 bits per heavy atom. The minimum Gasteiger partial charge on any atom is -0.426 e. The van der Waals surface area contributed by atoms with Crippen molar-refractivity contribution in [1.29, 1.82) is 0 Å². The summed E-state index contributed by atoms with van der Waals surface area (Å²) in [6, 6.07) is 7.14. The molecular weight excluding hydrogens is 332 g/mol. The van der Waals surface area contributed by atoms with Gasteiger partial charge in [0.2, 0.25) is 11.8 Å². The topological polar surface area (TPSA) is 75.7 Å². The molecule has 2 aromatic carbocycles. The summed E-state index contributed by atoms with van der Waals surface area (Å²) in [6.07, 6.45) is 1.97. The number of carbonyl (C=O) groups excluding carboxylic acids is 3. The summed E-state index contributed by atoms with van der Waals surface area (Å²) in [6.45, 7) is 6.67. The molecule has 0 bridgehead atoms. The number of allylic oxidation sites excluding steroid dienone is 1. The molecule has 0 saturated carbocycles. The number of amides is 2. The van der Waals surface area contributed by atoms with Crippen LogP contribution in [0.5, 0.6) is 5.75 Å². The smallest absolute Gasteiger partial charge is 0.308 e. The van der Waals surface area contributed by atoms with E-state index in [0.717, 1.165) is 21.9 Å². The average molecular weight is 352 g/mol. The van der Waals surface area contributed by atoms with E-state index >= 15 is 0 Å². The summed E-state index contributed by atoms with van der Waals surface area (Å²) in [5.74, 6) is -0.303. The minimum atomic E-state index is -0.434. The quantitative estimate of drug-likeness (QED) is 0.663. The second-order valence-electron chi connectivity index (χ2n) is 6.22. The predicted octanol–water partition coefficient (Wildman–Crippen LogP) is 3.49. The fourth-order valence-electron chi connectivity index (χ4n) is 3.30. The van der Waals surface area contributed by atoms with E-state index in [2.05, 4.69) is 5.32 Å². The van der Waals surface area contributed by atoms with E-state index in [0.29, 0.717) is 23.7 Å². The van der Waals surface area contributed by atoms with Gasteiger partial charge in [-0.15, -0.1) is 0 Å². The van der Waals surface area contributed by atoms with Crippen molar-refractivity contribution in [1.82, 2.24) is 0 Å². The van der Waals surface area contributed by atoms with Crippen molar-refractivity contribution in [3.05, 3.63) is 35.9 Å². The lowest BCUT2D eigenvalue weighted by atomic mass is 9.97. The summed E-state index contributed by atoms with van der Waals surface area (Å²) in [5, 5.41) is 4.34. The summed E-state index contributed by atoms with van der Waals surface area (Å²) >= 11 is 0. The van der Waals surface area contributed by atoms with Crippen molar-refractivity contribution < 1.29 is 19.1 Å². The van der Waals surface area contributed by atoms with Crippen molar-refractivity contribution in [3.8, 4) is 5.75 Å². The number of ether oxygens (including phenoxy) is 1. The van der Waals surface area contributed by atoms with E-state index in [-0.39, 0.29) is 11.8 Å². The molecule has 6 heteroatoms. The average Bonchev–Trinajstić information content (AvgIpc) is 2.92. The molecule has 2 aromatic rings. The Bertz CT molecular complexity index is 975. The van der Waals surface area contributed by atoms with Crippen molar-refractivity contribution in [2.75, 3.05) is 16.8 Å². The third kappa shape index (κ3) is 3.06. The monoisotopic (exact) mass is 352 g/mol. The van der Waals surface area contributed by atoms with Gasteiger partial charge in [0.25, 0.3) is 0 Å². The van der Waals surface area contributed by atoms with Gasteiger partial charge in [0, 0.05) is 43.5 Å². The van der Waals surface area contributed by atoms with Gasteiger partial charge in [0.15, 0.2) is 0 Å². The largest absolute Gasteiger partial charge is 0.426 e. The highest BCUT2D eigenvalue weighted by atomic mass is 16.5. The van der Waals surface area contributed by atoms with Crippen LogP contribution in [-0.4, -0.2) is 24.3 Å². The van der Waals surface area contributed by atoms with Crippen molar-refractivity contribution >= 4 is 45.5 Å². The highest BCUT2D eigenvalue weighted by Gasteiger charge is 2.29. The SMILES string of the molecule is CC=C1CN(C(C)=O)c2cc(OC(C)=O)c3ccc(NC(C)=O)cc3c21. The Labute approximate surface area is 151 Å². The van der Waals surface area contributed by atoms with E-state index in [1.54, 1.807) is 17.0 Å². The molecule has 0 saturated heterocycles. The molecule has 0 atom stereocenters. The highest BCUT2D eigenvalue weighted by Crippen LogP contribution is 2.45. The van der Waals surface area contributed by atoms with Crippen LogP contribution in [0.25, 0.3) is 16.3 Å². The predicted molar refractivity (Wildman–Crippen MR) is 101 cm³/mol. The number of esters is 1. The first-order valence-electron chi connectivity index (χ1n) is 8.32. The molecule has 0 spiro atoms. The first-order chi connectivity index (χ1) is 12.3. The summed E-state index contributed by atoms with van der Waals surface area (Å²) < 4.78 is 5.39. The van der Waals surface area contributed by atoms with Gasteiger partial charge in [-0.05, 0) is 36.1 Å². The molecule has 0 aromatic heterocycles. The van der Waals surface area contributed by atoms with E-state index in [9.17, 15) is 14.4 Å². The number of nitrogens with one attached hydrogen (secondary N) is 1. The molecule has 3 rings (SSSR count). The maximum absolute atomic E-state index is 12.1. The normalized spacial score (nSPS) is 14.5. The van der Waals surface area contributed by atoms with Gasteiger partial charge in [-0.2, -0.15) is 0 Å². The molecule has 26 heavy (non-hydrogen) atoms. The standard InChI is InChI=1S/C20H20N2O4/c1-5-14-10-22(12(3)24)18-9-19(26-13(4)25)16-7-6-15(21-11(2)23)8-17(16)20(14)18/h5-9H,10H2,1-4H3,(H,21,23). The van der Waals surface area contributed by atoms with Gasteiger partial charge < -0.3 is 15.0 Å². The zero-order valence-corrected chi connectivity index (χ0v) is 15.2. The summed E-state index contributed by atoms with van der Waals surface area (Å²) in [4.78, 5) is 36.7. The van der Waals surface area contributed by atoms with Crippen LogP contribution in [0.15, 0.2) is 30.3 Å². The fourth-order valence-corrected chi connectivity index (χ4v) is 3.30. The lowest BCUT2D eigenvalue weighted by Gasteiger charge is -2.17. The summed E-state index contributed by atoms with van der Waals surface area (Å²) in [5.41, 5.74) is 3.27. The Morgan fingerprint density at radius 1 is 1.12 bits per heavy atom. The van der Waals surface area contributed by atoms with E-state index in [1.165, 1.54) is 20.8 Å². The van der Waals surface area contributed by atoms with E-state index < -0.39 is 5.97 Å². The molecule has 134 valence electrons. The molecule has 1 aliphatic rings. The Morgan fingerprint density at radius 3 is 2.42 bits per heavy atom. The number of benzene rings is 2. The van der Waals surface area contributed by atoms with Crippen LogP contribution in [0, 0.1) is 0 Å². The molecule has 0 radical (unpaired) electrons. The van der Waals surface area contributed by atoms with Crippen molar-refractivity contribution in [2.24, 2.45) is 0 Å². The molecule has 0 unspecified atom stereocenters. The van der Waals surface area contributed by atoms with Crippen LogP contribution >= 0.6 is 0 Å². The van der Waals surface area contributed by atoms with Gasteiger partial charge in [-0.3, -0.25) is 14.4 Å². The summed E-state index contributed by atoms with van der Waals surface area (Å²) in [7, 11) is 0. The van der Waals surface area contributed by atoms with Gasteiger partial charge in [0.05, 0.1) is 12.2 Å². The molecular formula is C20H20N2O4. The van der Waals surface area contributed by atoms with Crippen LogP contribution in [0.2, 0.25) is 0 Å². The number of hydrogen-bond acceptors (Lipinski definition) is 4. The Kier molecular flexibility index (Phi) is 4.50. The number of fused-ring (bicyclic) bond motifs is 3. The number of anilines is 2. The number of hydrogen-bond donors (Lipinski definition) is 1. The molecule has 2 amide bonds. The second-order valence-corrected chi connectivity index (χ2v) is 6.22. The molecule has 0 fully saturated rings. The molecule has 6 nitrogen and oxygen atoms in total. The van der Waals surface area contributed by atoms with Gasteiger partial charge in [-0.25, -0.2) is 0 Å². The minimum absolute atomic E-state index is 0.0887. The molecule has 1 N–H and O–H groups in total. The highest BCUT2D eigenvalue weighted by molar-refractivity contribution is 6.12. The molecule has 0 aliphatic carbocycles. The van der Waals surface area contributed by atoms with Gasteiger partial charge >= 0.3 is 5.97 Å². The van der Waals surface area contributed by atoms with Crippen molar-refractivity contribution in [2.45, 2.75) is 27.7 Å². The maximum atomic E-state index is 12.1. The molecule has 1 heterocycles. The number of nitrogens with zero attached hydrogens (tertiary/aromatic N) is 1. The Hall–Kier alpha value is -3.15. The Balaban J connectivity index is 2.34. The zero-order chi connectivity index (χ0) is 19.0. The third-order valence-electron chi connectivity index (χ3n) is 4.32. The van der Waals surface area contributed by atoms with Crippen LogP contribution in [0.1, 0.15) is 33.3 Å². The maximum Gasteiger partial charge on any atom is 0.308 e.